The molecule has 1 amide bonds. The second-order valence-electron chi connectivity index (χ2n) is 7.57. The minimum Gasteiger partial charge on any atom is -0.325 e. The Morgan fingerprint density at radius 1 is 1.00 bits per heavy atom. The predicted octanol–water partition coefficient (Wildman–Crippen LogP) is 0.896. The van der Waals surface area contributed by atoms with Gasteiger partial charge < -0.3 is 5.32 Å². The van der Waals surface area contributed by atoms with Crippen LogP contribution in [-0.4, -0.2) is 64.7 Å². The lowest BCUT2D eigenvalue weighted by Crippen LogP contribution is -2.50. The number of amides is 1. The summed E-state index contributed by atoms with van der Waals surface area (Å²) in [5.74, 6) is -0.322. The first kappa shape index (κ1) is 23.4. The van der Waals surface area contributed by atoms with Crippen LogP contribution in [0.5, 0.6) is 0 Å². The molecule has 11 heteroatoms. The van der Waals surface area contributed by atoms with Gasteiger partial charge in [0.15, 0.2) is 0 Å². The van der Waals surface area contributed by atoms with E-state index in [9.17, 15) is 21.6 Å². The lowest BCUT2D eigenvalue weighted by atomic mass is 10.2. The normalized spacial score (nSPS) is 16.2. The predicted molar refractivity (Wildman–Crippen MR) is 118 cm³/mol. The summed E-state index contributed by atoms with van der Waals surface area (Å²) < 4.78 is 50.3. The molecule has 9 nitrogen and oxygen atoms in total. The molecule has 1 fully saturated rings. The van der Waals surface area contributed by atoms with E-state index in [-0.39, 0.29) is 30.4 Å². The van der Waals surface area contributed by atoms with Gasteiger partial charge in [-0.2, -0.15) is 4.31 Å². The Labute approximate surface area is 182 Å². The summed E-state index contributed by atoms with van der Waals surface area (Å²) in [7, 11) is -7.45. The van der Waals surface area contributed by atoms with E-state index >= 15 is 0 Å². The number of rotatable bonds is 6. The van der Waals surface area contributed by atoms with Gasteiger partial charge in [-0.05, 0) is 43.7 Å². The molecule has 0 saturated carbocycles. The van der Waals surface area contributed by atoms with E-state index in [1.807, 2.05) is 17.9 Å². The van der Waals surface area contributed by atoms with E-state index in [1.54, 1.807) is 25.1 Å². The molecule has 0 radical (unpaired) electrons. The zero-order valence-corrected chi connectivity index (χ0v) is 19.0. The SMILES string of the molecule is Cc1ccc(S(=O)(=O)N2CCN(CC(=O)Nc3cccc(S(N)(=O)=O)c3)CC2)c(C)c1. The number of sulfonamides is 2. The van der Waals surface area contributed by atoms with Gasteiger partial charge in [0.2, 0.25) is 26.0 Å². The standard InChI is InChI=1S/C20H26N4O5S2/c1-15-6-7-19(16(2)12-15)31(28,29)24-10-8-23(9-11-24)14-20(25)22-17-4-3-5-18(13-17)30(21,26)27/h3-7,12-13H,8-11,14H2,1-2H3,(H,22,25)(H2,21,26,27). The summed E-state index contributed by atoms with van der Waals surface area (Å²) in [6.45, 7) is 5.15. The van der Waals surface area contributed by atoms with Gasteiger partial charge in [0.05, 0.1) is 16.3 Å². The van der Waals surface area contributed by atoms with Crippen LogP contribution in [0.3, 0.4) is 0 Å². The van der Waals surface area contributed by atoms with Gasteiger partial charge in [-0.3, -0.25) is 9.69 Å². The van der Waals surface area contributed by atoms with Crippen LogP contribution in [0.2, 0.25) is 0 Å². The number of anilines is 1. The van der Waals surface area contributed by atoms with Gasteiger partial charge in [-0.15, -0.1) is 0 Å². The Balaban J connectivity index is 1.58. The summed E-state index contributed by atoms with van der Waals surface area (Å²) in [6, 6.07) is 11.0. The van der Waals surface area contributed by atoms with Gasteiger partial charge in [0.1, 0.15) is 0 Å². The largest absolute Gasteiger partial charge is 0.325 e. The molecule has 168 valence electrons. The number of carbonyl (C=O) groups excluding carboxylic acids is 1. The smallest absolute Gasteiger partial charge is 0.243 e. The Morgan fingerprint density at radius 3 is 2.29 bits per heavy atom. The maximum absolute atomic E-state index is 13.0. The molecular weight excluding hydrogens is 440 g/mol. The topological polar surface area (TPSA) is 130 Å². The molecule has 1 heterocycles. The van der Waals surface area contributed by atoms with Gasteiger partial charge in [0, 0.05) is 31.9 Å². The highest BCUT2D eigenvalue weighted by Crippen LogP contribution is 2.22. The summed E-state index contributed by atoms with van der Waals surface area (Å²) in [6.07, 6.45) is 0. The van der Waals surface area contributed by atoms with E-state index in [0.717, 1.165) is 5.56 Å². The third-order valence-corrected chi connectivity index (χ3v) is 8.06. The number of nitrogens with zero attached hydrogens (tertiary/aromatic N) is 2. The molecule has 0 atom stereocenters. The van der Waals surface area contributed by atoms with Crippen LogP contribution in [0.25, 0.3) is 0 Å². The van der Waals surface area contributed by atoms with Crippen LogP contribution in [0, 0.1) is 13.8 Å². The Hall–Kier alpha value is -2.31. The van der Waals surface area contributed by atoms with E-state index in [4.69, 9.17) is 5.14 Å². The maximum Gasteiger partial charge on any atom is 0.243 e. The zero-order chi connectivity index (χ0) is 22.8. The first-order valence-electron chi connectivity index (χ1n) is 9.69. The van der Waals surface area contributed by atoms with Crippen molar-refractivity contribution in [3.63, 3.8) is 0 Å². The quantitative estimate of drug-likeness (QED) is 0.650. The molecule has 0 aliphatic carbocycles. The van der Waals surface area contributed by atoms with Crippen LogP contribution in [0.1, 0.15) is 11.1 Å². The van der Waals surface area contributed by atoms with E-state index in [0.29, 0.717) is 29.2 Å². The number of benzene rings is 2. The van der Waals surface area contributed by atoms with Crippen molar-refractivity contribution in [3.8, 4) is 0 Å². The molecule has 1 saturated heterocycles. The van der Waals surface area contributed by atoms with Crippen molar-refractivity contribution in [2.75, 3.05) is 38.0 Å². The number of nitrogens with two attached hydrogens (primary N) is 1. The number of hydrogen-bond donors (Lipinski definition) is 2. The monoisotopic (exact) mass is 466 g/mol. The Bertz CT molecular complexity index is 1190. The molecule has 2 aromatic rings. The lowest BCUT2D eigenvalue weighted by Gasteiger charge is -2.33. The van der Waals surface area contributed by atoms with Crippen LogP contribution in [0.15, 0.2) is 52.3 Å². The van der Waals surface area contributed by atoms with Crippen molar-refractivity contribution >= 4 is 31.6 Å². The molecule has 0 unspecified atom stereocenters. The van der Waals surface area contributed by atoms with Crippen molar-refractivity contribution in [1.82, 2.24) is 9.21 Å². The van der Waals surface area contributed by atoms with Crippen molar-refractivity contribution in [2.24, 2.45) is 5.14 Å². The highest BCUT2D eigenvalue weighted by molar-refractivity contribution is 7.89. The summed E-state index contributed by atoms with van der Waals surface area (Å²) in [5.41, 5.74) is 2.04. The number of piperazine rings is 1. The zero-order valence-electron chi connectivity index (χ0n) is 17.4. The minimum absolute atomic E-state index is 0.0665. The third-order valence-electron chi connectivity index (χ3n) is 5.09. The third kappa shape index (κ3) is 5.69. The minimum atomic E-state index is -3.86. The van der Waals surface area contributed by atoms with Crippen LogP contribution in [-0.2, 0) is 24.8 Å². The molecule has 0 aromatic heterocycles. The molecule has 2 aromatic carbocycles. The summed E-state index contributed by atoms with van der Waals surface area (Å²) in [5, 5.41) is 7.76. The molecule has 3 rings (SSSR count). The number of primary sulfonamides is 1. The molecular formula is C20H26N4O5S2. The van der Waals surface area contributed by atoms with Gasteiger partial charge in [0.25, 0.3) is 0 Å². The summed E-state index contributed by atoms with van der Waals surface area (Å²) >= 11 is 0. The molecule has 1 aliphatic heterocycles. The second kappa shape index (κ2) is 9.05. The van der Waals surface area contributed by atoms with Crippen molar-refractivity contribution < 1.29 is 21.6 Å². The van der Waals surface area contributed by atoms with Crippen molar-refractivity contribution in [3.05, 3.63) is 53.6 Å². The number of nitrogens with one attached hydrogen (secondary N) is 1. The van der Waals surface area contributed by atoms with Gasteiger partial charge in [-0.1, -0.05) is 23.8 Å². The van der Waals surface area contributed by atoms with Crippen molar-refractivity contribution in [1.29, 1.82) is 0 Å². The van der Waals surface area contributed by atoms with Crippen LogP contribution >= 0.6 is 0 Å². The van der Waals surface area contributed by atoms with Gasteiger partial charge >= 0.3 is 0 Å². The average Bonchev–Trinajstić information content (AvgIpc) is 2.67. The Morgan fingerprint density at radius 2 is 1.68 bits per heavy atom. The first-order chi connectivity index (χ1) is 14.5. The highest BCUT2D eigenvalue weighted by atomic mass is 32.2. The van der Waals surface area contributed by atoms with Crippen molar-refractivity contribution in [2.45, 2.75) is 23.6 Å². The highest BCUT2D eigenvalue weighted by Gasteiger charge is 2.30. The number of aryl methyl sites for hydroxylation is 2. The summed E-state index contributed by atoms with van der Waals surface area (Å²) in [4.78, 5) is 14.4. The second-order valence-corrected chi connectivity index (χ2v) is 11.0. The molecule has 31 heavy (non-hydrogen) atoms. The maximum atomic E-state index is 13.0. The molecule has 0 spiro atoms. The van der Waals surface area contributed by atoms with E-state index < -0.39 is 20.0 Å². The Kier molecular flexibility index (Phi) is 6.82. The number of carbonyl (C=O) groups is 1. The van der Waals surface area contributed by atoms with E-state index in [1.165, 1.54) is 22.5 Å². The molecule has 3 N–H and O–H groups in total. The average molecular weight is 467 g/mol. The van der Waals surface area contributed by atoms with E-state index in [2.05, 4.69) is 5.32 Å². The first-order valence-corrected chi connectivity index (χ1v) is 12.7. The van der Waals surface area contributed by atoms with Crippen LogP contribution in [0.4, 0.5) is 5.69 Å². The molecule has 1 aliphatic rings. The fraction of sp³-hybridized carbons (Fsp3) is 0.350. The van der Waals surface area contributed by atoms with Gasteiger partial charge in [-0.25, -0.2) is 22.0 Å². The number of hydrogen-bond acceptors (Lipinski definition) is 6. The molecule has 0 bridgehead atoms. The fourth-order valence-electron chi connectivity index (χ4n) is 3.51. The lowest BCUT2D eigenvalue weighted by molar-refractivity contribution is -0.117. The van der Waals surface area contributed by atoms with Crippen LogP contribution < -0.4 is 10.5 Å². The fourth-order valence-corrected chi connectivity index (χ4v) is 5.70.